The van der Waals surface area contributed by atoms with E-state index in [0.29, 0.717) is 16.5 Å². The lowest BCUT2D eigenvalue weighted by molar-refractivity contribution is -0.274. The number of nitrogens with zero attached hydrogens (tertiary/aromatic N) is 1. The number of halogens is 5. The van der Waals surface area contributed by atoms with Gasteiger partial charge < -0.3 is 10.1 Å². The van der Waals surface area contributed by atoms with Gasteiger partial charge in [0.25, 0.3) is 0 Å². The first-order valence-electron chi connectivity index (χ1n) is 6.23. The molecule has 2 aromatic rings. The molecule has 2 rings (SSSR count). The molecule has 0 aliphatic carbocycles. The van der Waals surface area contributed by atoms with Gasteiger partial charge in [0.15, 0.2) is 10.9 Å². The van der Waals surface area contributed by atoms with E-state index in [0.717, 1.165) is 12.1 Å². The van der Waals surface area contributed by atoms with Crippen LogP contribution < -0.4 is 20.9 Å². The Kier molecular flexibility index (Phi) is 5.92. The topological polar surface area (TPSA) is 58.2 Å². The zero-order valence-corrected chi connectivity index (χ0v) is 13.9. The van der Waals surface area contributed by atoms with E-state index in [1.807, 2.05) is 0 Å². The molecule has 0 amide bonds. The Morgan fingerprint density at radius 2 is 1.83 bits per heavy atom. The van der Waals surface area contributed by atoms with Gasteiger partial charge in [0.2, 0.25) is 0 Å². The molecule has 0 atom stereocenters. The highest BCUT2D eigenvalue weighted by Crippen LogP contribution is 2.24. The smallest absolute Gasteiger partial charge is 0.406 e. The zero-order chi connectivity index (χ0) is 17.7. The van der Waals surface area contributed by atoms with Crippen molar-refractivity contribution >= 4 is 52.0 Å². The molecule has 128 valence electrons. The predicted octanol–water partition coefficient (Wildman–Crippen LogP) is 4.60. The summed E-state index contributed by atoms with van der Waals surface area (Å²) in [5.41, 5.74) is 5.76. The third-order valence-electron chi connectivity index (χ3n) is 2.45. The third kappa shape index (κ3) is 5.91. The molecular weight excluding hydrogens is 388 g/mol. The number of hydrazine groups is 1. The summed E-state index contributed by atoms with van der Waals surface area (Å²) in [7, 11) is 0. The first-order chi connectivity index (χ1) is 11.2. The summed E-state index contributed by atoms with van der Waals surface area (Å²) < 4.78 is 40.0. The molecule has 0 radical (unpaired) electrons. The molecule has 0 fully saturated rings. The zero-order valence-electron chi connectivity index (χ0n) is 11.6. The van der Waals surface area contributed by atoms with Gasteiger partial charge in [0.05, 0.1) is 10.0 Å². The summed E-state index contributed by atoms with van der Waals surface area (Å²) in [5, 5.41) is 3.57. The van der Waals surface area contributed by atoms with Gasteiger partial charge in [-0.05, 0) is 42.5 Å². The van der Waals surface area contributed by atoms with Crippen LogP contribution in [0.5, 0.6) is 5.75 Å². The van der Waals surface area contributed by atoms with Crippen molar-refractivity contribution in [2.24, 2.45) is 0 Å². The van der Waals surface area contributed by atoms with E-state index in [9.17, 15) is 13.2 Å². The van der Waals surface area contributed by atoms with Crippen molar-refractivity contribution in [3.05, 3.63) is 46.6 Å². The number of thiocarbonyl (C=S) groups is 1. The summed E-state index contributed by atoms with van der Waals surface area (Å²) >= 11 is 16.7. The summed E-state index contributed by atoms with van der Waals surface area (Å²) in [4.78, 5) is 3.95. The molecule has 0 aliphatic heterocycles. The normalized spacial score (nSPS) is 10.9. The average Bonchev–Trinajstić information content (AvgIpc) is 2.47. The second-order valence-corrected chi connectivity index (χ2v) is 5.51. The van der Waals surface area contributed by atoms with Crippen LogP contribution in [-0.4, -0.2) is 16.5 Å². The highest BCUT2D eigenvalue weighted by molar-refractivity contribution is 7.80. The maximum absolute atomic E-state index is 12.1. The van der Waals surface area contributed by atoms with Gasteiger partial charge >= 0.3 is 6.36 Å². The van der Waals surface area contributed by atoms with Crippen LogP contribution in [0.1, 0.15) is 0 Å². The van der Waals surface area contributed by atoms with Gasteiger partial charge in [-0.3, -0.25) is 10.9 Å². The Morgan fingerprint density at radius 1 is 1.17 bits per heavy atom. The van der Waals surface area contributed by atoms with Crippen molar-refractivity contribution in [1.29, 1.82) is 0 Å². The Balaban J connectivity index is 1.88. The third-order valence-corrected chi connectivity index (χ3v) is 3.15. The van der Waals surface area contributed by atoms with Crippen LogP contribution in [0.3, 0.4) is 0 Å². The van der Waals surface area contributed by atoms with Gasteiger partial charge in [-0.15, -0.1) is 13.2 Å². The monoisotopic (exact) mass is 396 g/mol. The van der Waals surface area contributed by atoms with E-state index < -0.39 is 6.36 Å². The molecule has 1 aromatic carbocycles. The number of alkyl halides is 3. The molecular formula is C13H9Cl2F3N4OS. The number of benzene rings is 1. The van der Waals surface area contributed by atoms with Crippen LogP contribution in [0.2, 0.25) is 10.0 Å². The molecule has 1 heterocycles. The van der Waals surface area contributed by atoms with E-state index in [2.05, 4.69) is 25.9 Å². The number of pyridine rings is 1. The Bertz CT molecular complexity index is 728. The minimum atomic E-state index is -4.74. The van der Waals surface area contributed by atoms with Gasteiger partial charge in [-0.1, -0.05) is 23.2 Å². The average molecular weight is 397 g/mol. The van der Waals surface area contributed by atoms with E-state index >= 15 is 0 Å². The first kappa shape index (κ1) is 18.4. The number of hydrogen-bond donors (Lipinski definition) is 3. The Morgan fingerprint density at radius 3 is 2.42 bits per heavy atom. The fourth-order valence-corrected chi connectivity index (χ4v) is 2.12. The van der Waals surface area contributed by atoms with Crippen LogP contribution in [-0.2, 0) is 0 Å². The molecule has 0 spiro atoms. The minimum absolute atomic E-state index is 0.146. The van der Waals surface area contributed by atoms with Gasteiger partial charge in [-0.25, -0.2) is 4.98 Å². The molecule has 0 saturated carbocycles. The fraction of sp³-hybridized carbons (Fsp3) is 0.0769. The van der Waals surface area contributed by atoms with Crippen LogP contribution in [0.25, 0.3) is 0 Å². The Labute approximate surface area is 150 Å². The SMILES string of the molecule is FC(F)(F)Oc1ccc(NC(=S)NNc2ncc(Cl)cc2Cl)cc1. The highest BCUT2D eigenvalue weighted by Gasteiger charge is 2.30. The number of nitrogens with one attached hydrogen (secondary N) is 3. The molecule has 11 heteroatoms. The van der Waals surface area contributed by atoms with Crippen molar-refractivity contribution in [3.8, 4) is 5.75 Å². The van der Waals surface area contributed by atoms with Crippen molar-refractivity contribution < 1.29 is 17.9 Å². The van der Waals surface area contributed by atoms with Crippen molar-refractivity contribution in [2.75, 3.05) is 10.7 Å². The maximum atomic E-state index is 12.1. The van der Waals surface area contributed by atoms with E-state index in [4.69, 9.17) is 35.4 Å². The molecule has 0 unspecified atom stereocenters. The fourth-order valence-electron chi connectivity index (χ4n) is 1.52. The van der Waals surface area contributed by atoms with Crippen LogP contribution in [0, 0.1) is 0 Å². The summed E-state index contributed by atoms with van der Waals surface area (Å²) in [5.74, 6) is -0.0265. The summed E-state index contributed by atoms with van der Waals surface area (Å²) in [6.07, 6.45) is -3.34. The summed E-state index contributed by atoms with van der Waals surface area (Å²) in [6.45, 7) is 0. The van der Waals surface area contributed by atoms with E-state index in [1.54, 1.807) is 0 Å². The Hall–Kier alpha value is -1.97. The molecule has 3 N–H and O–H groups in total. The van der Waals surface area contributed by atoms with Gasteiger partial charge in [0, 0.05) is 11.9 Å². The standard InChI is InChI=1S/C13H9Cl2F3N4OS/c14-7-5-10(15)11(19-6-7)21-22-12(24)20-8-1-3-9(4-2-8)23-13(16,17)18/h1-6H,(H,19,21)(H2,20,22,24). The van der Waals surface area contributed by atoms with Crippen LogP contribution in [0.4, 0.5) is 24.7 Å². The molecule has 5 nitrogen and oxygen atoms in total. The number of ether oxygens (including phenoxy) is 1. The van der Waals surface area contributed by atoms with Crippen molar-refractivity contribution in [3.63, 3.8) is 0 Å². The highest BCUT2D eigenvalue weighted by atomic mass is 35.5. The lowest BCUT2D eigenvalue weighted by Gasteiger charge is -2.13. The molecule has 0 bridgehead atoms. The number of rotatable bonds is 4. The molecule has 24 heavy (non-hydrogen) atoms. The quantitative estimate of drug-likeness (QED) is 0.518. The van der Waals surface area contributed by atoms with Crippen molar-refractivity contribution in [2.45, 2.75) is 6.36 Å². The number of anilines is 2. The predicted molar refractivity (Wildman–Crippen MR) is 90.4 cm³/mol. The molecule has 1 aromatic heterocycles. The second-order valence-electron chi connectivity index (χ2n) is 4.26. The summed E-state index contributed by atoms with van der Waals surface area (Å²) in [6, 6.07) is 6.56. The van der Waals surface area contributed by atoms with E-state index in [1.165, 1.54) is 24.4 Å². The van der Waals surface area contributed by atoms with Gasteiger partial charge in [0.1, 0.15) is 5.75 Å². The van der Waals surface area contributed by atoms with Crippen LogP contribution >= 0.6 is 35.4 Å². The number of hydrogen-bond acceptors (Lipinski definition) is 4. The first-order valence-corrected chi connectivity index (χ1v) is 7.39. The van der Waals surface area contributed by atoms with Gasteiger partial charge in [-0.2, -0.15) is 0 Å². The minimum Gasteiger partial charge on any atom is -0.406 e. The molecule has 0 aliphatic rings. The lowest BCUT2D eigenvalue weighted by atomic mass is 10.3. The number of aromatic nitrogens is 1. The largest absolute Gasteiger partial charge is 0.573 e. The van der Waals surface area contributed by atoms with Crippen molar-refractivity contribution in [1.82, 2.24) is 10.4 Å². The lowest BCUT2D eigenvalue weighted by Crippen LogP contribution is -2.33. The van der Waals surface area contributed by atoms with E-state index in [-0.39, 0.29) is 15.9 Å². The maximum Gasteiger partial charge on any atom is 0.573 e. The van der Waals surface area contributed by atoms with Crippen LogP contribution in [0.15, 0.2) is 36.5 Å². The molecule has 0 saturated heterocycles. The second kappa shape index (κ2) is 7.73.